The monoisotopic (exact) mass is 298 g/mol. The molecule has 3 rings (SSSR count). The zero-order valence-electron chi connectivity index (χ0n) is 13.5. The molecule has 1 fully saturated rings. The molecule has 3 nitrogen and oxygen atoms in total. The second-order valence-electron chi connectivity index (χ2n) is 6.59. The van der Waals surface area contributed by atoms with E-state index in [0.29, 0.717) is 24.5 Å². The van der Waals surface area contributed by atoms with E-state index in [2.05, 4.69) is 53.3 Å². The lowest BCUT2D eigenvalue weighted by Crippen LogP contribution is -2.45. The molecule has 118 valence electrons. The molecule has 3 heteroatoms. The Hall–Kier alpha value is -1.61. The van der Waals surface area contributed by atoms with Gasteiger partial charge in [-0.3, -0.25) is 4.79 Å². The smallest absolute Gasteiger partial charge is 0.133 e. The second-order valence-corrected chi connectivity index (χ2v) is 6.59. The summed E-state index contributed by atoms with van der Waals surface area (Å²) in [7, 11) is 2.18. The fourth-order valence-corrected chi connectivity index (χ4v) is 3.56. The lowest BCUT2D eigenvalue weighted by Gasteiger charge is -2.38. The van der Waals surface area contributed by atoms with Crippen molar-refractivity contribution in [2.24, 2.45) is 5.92 Å². The van der Waals surface area contributed by atoms with Gasteiger partial charge >= 0.3 is 0 Å². The Morgan fingerprint density at radius 1 is 1.09 bits per heavy atom. The first-order valence-corrected chi connectivity index (χ1v) is 8.41. The molecule has 1 aliphatic heterocycles. The predicted molar refractivity (Wildman–Crippen MR) is 89.6 cm³/mol. The number of piperazine rings is 1. The third kappa shape index (κ3) is 3.77. The summed E-state index contributed by atoms with van der Waals surface area (Å²) in [5.74, 6) is 0.766. The number of likely N-dealkylation sites (N-methyl/N-ethyl adjacent to an activating group) is 1. The number of nitrogens with zero attached hydrogens (tertiary/aromatic N) is 2. The molecular formula is C19H26N2O. The standard InChI is InChI=1S/C19H26N2O/c1-20-10-12-21(13-11-20)19-9-5-8-18(22)15-17(19)14-16-6-3-2-4-7-16/h2-4,6-7,9,17H,5,8,10-15H2,1H3. The van der Waals surface area contributed by atoms with Gasteiger partial charge < -0.3 is 9.80 Å². The molecule has 1 saturated heterocycles. The van der Waals surface area contributed by atoms with E-state index in [-0.39, 0.29) is 0 Å². The van der Waals surface area contributed by atoms with Crippen LogP contribution in [0.25, 0.3) is 0 Å². The highest BCUT2D eigenvalue weighted by molar-refractivity contribution is 5.79. The quantitative estimate of drug-likeness (QED) is 0.857. The fourth-order valence-electron chi connectivity index (χ4n) is 3.56. The lowest BCUT2D eigenvalue weighted by molar-refractivity contribution is -0.119. The number of hydrogen-bond acceptors (Lipinski definition) is 3. The van der Waals surface area contributed by atoms with Crippen LogP contribution in [-0.4, -0.2) is 48.8 Å². The molecule has 0 saturated carbocycles. The Labute approximate surface area is 133 Å². The first-order valence-electron chi connectivity index (χ1n) is 8.41. The maximum atomic E-state index is 12.1. The van der Waals surface area contributed by atoms with Gasteiger partial charge in [-0.1, -0.05) is 36.4 Å². The van der Waals surface area contributed by atoms with Crippen LogP contribution in [0.15, 0.2) is 42.1 Å². The van der Waals surface area contributed by atoms with E-state index in [1.54, 1.807) is 0 Å². The number of Topliss-reactive ketones (excluding diaryl/α,β-unsaturated/α-hetero) is 1. The zero-order valence-corrected chi connectivity index (χ0v) is 13.5. The molecule has 1 atom stereocenters. The van der Waals surface area contributed by atoms with Crippen LogP contribution in [0.3, 0.4) is 0 Å². The molecule has 0 amide bonds. The highest BCUT2D eigenvalue weighted by atomic mass is 16.1. The van der Waals surface area contributed by atoms with Crippen LogP contribution in [0.4, 0.5) is 0 Å². The summed E-state index contributed by atoms with van der Waals surface area (Å²) in [4.78, 5) is 17.0. The third-order valence-electron chi connectivity index (χ3n) is 4.86. The van der Waals surface area contributed by atoms with Crippen molar-refractivity contribution < 1.29 is 4.79 Å². The van der Waals surface area contributed by atoms with E-state index in [0.717, 1.165) is 39.0 Å². The summed E-state index contributed by atoms with van der Waals surface area (Å²) in [5.41, 5.74) is 2.75. The van der Waals surface area contributed by atoms with E-state index in [1.165, 1.54) is 11.3 Å². The molecule has 0 N–H and O–H groups in total. The minimum atomic E-state index is 0.348. The van der Waals surface area contributed by atoms with Crippen molar-refractivity contribution in [3.05, 3.63) is 47.7 Å². The molecule has 0 aromatic heterocycles. The Bertz CT molecular complexity index is 530. The maximum Gasteiger partial charge on any atom is 0.133 e. The summed E-state index contributed by atoms with van der Waals surface area (Å²) >= 11 is 0. The van der Waals surface area contributed by atoms with Crippen molar-refractivity contribution >= 4 is 5.78 Å². The summed E-state index contributed by atoms with van der Waals surface area (Å²) in [6.07, 6.45) is 5.63. The van der Waals surface area contributed by atoms with Gasteiger partial charge in [0, 0.05) is 50.6 Å². The fraction of sp³-hybridized carbons (Fsp3) is 0.526. The van der Waals surface area contributed by atoms with Crippen molar-refractivity contribution in [1.82, 2.24) is 9.80 Å². The van der Waals surface area contributed by atoms with E-state index >= 15 is 0 Å². The number of ketones is 1. The van der Waals surface area contributed by atoms with E-state index in [4.69, 9.17) is 0 Å². The molecule has 1 heterocycles. The van der Waals surface area contributed by atoms with Crippen LogP contribution in [0, 0.1) is 5.92 Å². The Kier molecular flexibility index (Phi) is 4.94. The van der Waals surface area contributed by atoms with Gasteiger partial charge in [0.05, 0.1) is 0 Å². The molecule has 1 aliphatic carbocycles. The second kappa shape index (κ2) is 7.10. The molecule has 1 aromatic carbocycles. The third-order valence-corrected chi connectivity index (χ3v) is 4.86. The van der Waals surface area contributed by atoms with Crippen molar-refractivity contribution in [3.8, 4) is 0 Å². The average molecular weight is 298 g/mol. The first-order chi connectivity index (χ1) is 10.7. The Balaban J connectivity index is 1.77. The Morgan fingerprint density at radius 2 is 1.82 bits per heavy atom. The van der Waals surface area contributed by atoms with Crippen LogP contribution in [-0.2, 0) is 11.2 Å². The highest BCUT2D eigenvalue weighted by Crippen LogP contribution is 2.29. The molecule has 0 radical (unpaired) electrons. The predicted octanol–water partition coefficient (Wildman–Crippen LogP) is 2.73. The zero-order chi connectivity index (χ0) is 15.4. The van der Waals surface area contributed by atoms with Gasteiger partial charge in [-0.05, 0) is 25.5 Å². The van der Waals surface area contributed by atoms with E-state index in [9.17, 15) is 4.79 Å². The summed E-state index contributed by atoms with van der Waals surface area (Å²) in [6, 6.07) is 10.6. The van der Waals surface area contributed by atoms with E-state index in [1.807, 2.05) is 0 Å². The minimum absolute atomic E-state index is 0.348. The van der Waals surface area contributed by atoms with Gasteiger partial charge in [0.25, 0.3) is 0 Å². The summed E-state index contributed by atoms with van der Waals surface area (Å²) < 4.78 is 0. The molecule has 1 aromatic rings. The maximum absolute atomic E-state index is 12.1. The summed E-state index contributed by atoms with van der Waals surface area (Å²) in [5, 5.41) is 0. The largest absolute Gasteiger partial charge is 0.372 e. The highest BCUT2D eigenvalue weighted by Gasteiger charge is 2.26. The molecule has 0 spiro atoms. The number of hydrogen-bond donors (Lipinski definition) is 0. The van der Waals surface area contributed by atoms with Gasteiger partial charge in [-0.15, -0.1) is 0 Å². The normalized spacial score (nSPS) is 24.0. The van der Waals surface area contributed by atoms with Gasteiger partial charge in [0.2, 0.25) is 0 Å². The topological polar surface area (TPSA) is 23.6 Å². The molecule has 0 bridgehead atoms. The summed E-state index contributed by atoms with van der Waals surface area (Å²) in [6.45, 7) is 4.40. The Morgan fingerprint density at radius 3 is 2.55 bits per heavy atom. The molecule has 2 aliphatic rings. The van der Waals surface area contributed by atoms with Crippen LogP contribution >= 0.6 is 0 Å². The number of carbonyl (C=O) groups is 1. The van der Waals surface area contributed by atoms with Crippen LogP contribution in [0.2, 0.25) is 0 Å². The van der Waals surface area contributed by atoms with Gasteiger partial charge in [0.1, 0.15) is 5.78 Å². The number of allylic oxidation sites excluding steroid dienone is 2. The van der Waals surface area contributed by atoms with Crippen molar-refractivity contribution in [3.63, 3.8) is 0 Å². The SMILES string of the molecule is CN1CCN(C2=CCCC(=O)CC2Cc2ccccc2)CC1. The minimum Gasteiger partial charge on any atom is -0.372 e. The lowest BCUT2D eigenvalue weighted by atomic mass is 9.91. The van der Waals surface area contributed by atoms with Gasteiger partial charge in [-0.2, -0.15) is 0 Å². The van der Waals surface area contributed by atoms with Crippen LogP contribution in [0.5, 0.6) is 0 Å². The van der Waals surface area contributed by atoms with Crippen LogP contribution in [0.1, 0.15) is 24.8 Å². The van der Waals surface area contributed by atoms with Crippen molar-refractivity contribution in [2.75, 3.05) is 33.2 Å². The number of carbonyl (C=O) groups excluding carboxylic acids is 1. The molecule has 1 unspecified atom stereocenters. The number of benzene rings is 1. The average Bonchev–Trinajstić information content (AvgIpc) is 2.70. The first kappa shape index (κ1) is 15.3. The number of rotatable bonds is 3. The van der Waals surface area contributed by atoms with Crippen molar-refractivity contribution in [1.29, 1.82) is 0 Å². The van der Waals surface area contributed by atoms with Crippen molar-refractivity contribution in [2.45, 2.75) is 25.7 Å². The molecular weight excluding hydrogens is 272 g/mol. The molecule has 22 heavy (non-hydrogen) atoms. The van der Waals surface area contributed by atoms with Gasteiger partial charge in [0.15, 0.2) is 0 Å². The van der Waals surface area contributed by atoms with E-state index < -0.39 is 0 Å². The van der Waals surface area contributed by atoms with Gasteiger partial charge in [-0.25, -0.2) is 0 Å². The van der Waals surface area contributed by atoms with Crippen LogP contribution < -0.4 is 0 Å².